The van der Waals surface area contributed by atoms with Crippen molar-refractivity contribution in [2.24, 2.45) is 0 Å². The second-order valence-corrected chi connectivity index (χ2v) is 9.52. The largest absolute Gasteiger partial charge is 0.495 e. The molecule has 0 aromatic heterocycles. The van der Waals surface area contributed by atoms with Gasteiger partial charge in [-0.15, -0.1) is 0 Å². The lowest BCUT2D eigenvalue weighted by Gasteiger charge is -2.28. The Morgan fingerprint density at radius 3 is 2.39 bits per heavy atom. The molecular weight excluding hydrogens is 482 g/mol. The van der Waals surface area contributed by atoms with E-state index in [4.69, 9.17) is 9.47 Å². The Hall–Kier alpha value is -3.88. The molecule has 8 nitrogen and oxygen atoms in total. The van der Waals surface area contributed by atoms with Gasteiger partial charge >= 0.3 is 6.09 Å². The summed E-state index contributed by atoms with van der Waals surface area (Å²) in [5.41, 5.74) is 4.67. The van der Waals surface area contributed by atoms with Crippen LogP contribution in [0.3, 0.4) is 0 Å². The molecule has 0 aliphatic carbocycles. The maximum atomic E-state index is 12.8. The van der Waals surface area contributed by atoms with Gasteiger partial charge in [0.1, 0.15) is 11.9 Å². The van der Waals surface area contributed by atoms with Crippen LogP contribution in [-0.4, -0.2) is 55.4 Å². The van der Waals surface area contributed by atoms with Crippen LogP contribution in [0.25, 0.3) is 11.1 Å². The topological polar surface area (TPSA) is 100 Å². The summed E-state index contributed by atoms with van der Waals surface area (Å²) in [6.07, 6.45) is 1.80. The van der Waals surface area contributed by atoms with Crippen LogP contribution in [0.4, 0.5) is 16.2 Å². The molecule has 2 amide bonds. The summed E-state index contributed by atoms with van der Waals surface area (Å²) >= 11 is 0. The zero-order valence-corrected chi connectivity index (χ0v) is 21.9. The van der Waals surface area contributed by atoms with Gasteiger partial charge in [0.05, 0.1) is 25.1 Å². The van der Waals surface area contributed by atoms with Crippen molar-refractivity contribution in [2.45, 2.75) is 38.4 Å². The third kappa shape index (κ3) is 7.34. The van der Waals surface area contributed by atoms with E-state index >= 15 is 0 Å². The average molecular weight is 518 g/mol. The van der Waals surface area contributed by atoms with Crippen LogP contribution in [0.2, 0.25) is 0 Å². The Balaban J connectivity index is 1.44. The summed E-state index contributed by atoms with van der Waals surface area (Å²) < 4.78 is 11.0. The number of piperidine rings is 1. The molecule has 0 radical (unpaired) electrons. The number of ether oxygens (including phenoxy) is 2. The average Bonchev–Trinajstić information content (AvgIpc) is 2.94. The number of hydrogen-bond acceptors (Lipinski definition) is 6. The van der Waals surface area contributed by atoms with Crippen molar-refractivity contribution < 1.29 is 24.2 Å². The number of nitrogens with zero attached hydrogens (tertiary/aromatic N) is 1. The molecule has 1 aliphatic rings. The number of hydrogen-bond donors (Lipinski definition) is 3. The van der Waals surface area contributed by atoms with E-state index in [1.807, 2.05) is 48.5 Å². The van der Waals surface area contributed by atoms with Gasteiger partial charge in [-0.3, -0.25) is 10.1 Å². The van der Waals surface area contributed by atoms with Gasteiger partial charge in [-0.2, -0.15) is 0 Å². The molecule has 0 saturated carbocycles. The van der Waals surface area contributed by atoms with Gasteiger partial charge in [0.15, 0.2) is 0 Å². The van der Waals surface area contributed by atoms with Gasteiger partial charge in [-0.1, -0.05) is 48.5 Å². The lowest BCUT2D eigenvalue weighted by molar-refractivity contribution is -0.116. The number of aryl methyl sites for hydroxylation is 1. The number of carbonyl (C=O) groups is 2. The Morgan fingerprint density at radius 2 is 1.68 bits per heavy atom. The zero-order chi connectivity index (χ0) is 26.9. The fraction of sp³-hybridized carbons (Fsp3) is 0.333. The van der Waals surface area contributed by atoms with Crippen molar-refractivity contribution in [1.82, 2.24) is 4.90 Å². The zero-order valence-electron chi connectivity index (χ0n) is 21.9. The van der Waals surface area contributed by atoms with E-state index in [9.17, 15) is 14.7 Å². The van der Waals surface area contributed by atoms with Crippen LogP contribution in [0, 0.1) is 0 Å². The normalized spacial score (nSPS) is 14.1. The monoisotopic (exact) mass is 517 g/mol. The summed E-state index contributed by atoms with van der Waals surface area (Å²) in [5.74, 6) is 0.329. The number of aliphatic hydroxyl groups excluding tert-OH is 1. The van der Waals surface area contributed by atoms with E-state index in [-0.39, 0.29) is 25.0 Å². The molecule has 38 heavy (non-hydrogen) atoms. The maximum Gasteiger partial charge on any atom is 0.411 e. The number of benzene rings is 3. The van der Waals surface area contributed by atoms with Crippen molar-refractivity contribution in [3.05, 3.63) is 77.9 Å². The summed E-state index contributed by atoms with van der Waals surface area (Å²) in [7, 11) is 3.59. The number of nitrogens with one attached hydrogen (secondary N) is 2. The van der Waals surface area contributed by atoms with Crippen molar-refractivity contribution >= 4 is 23.4 Å². The summed E-state index contributed by atoms with van der Waals surface area (Å²) in [4.78, 5) is 27.7. The van der Waals surface area contributed by atoms with Gasteiger partial charge in [-0.25, -0.2) is 4.79 Å². The first-order valence-electron chi connectivity index (χ1n) is 12.9. The summed E-state index contributed by atoms with van der Waals surface area (Å²) in [6, 6.07) is 20.8. The smallest absolute Gasteiger partial charge is 0.411 e. The van der Waals surface area contributed by atoms with E-state index < -0.39 is 6.09 Å². The van der Waals surface area contributed by atoms with Crippen molar-refractivity contribution in [1.29, 1.82) is 0 Å². The first-order valence-corrected chi connectivity index (χ1v) is 12.9. The van der Waals surface area contributed by atoms with Crippen molar-refractivity contribution in [3.8, 4) is 16.9 Å². The lowest BCUT2D eigenvalue weighted by atomic mass is 9.99. The lowest BCUT2D eigenvalue weighted by Crippen LogP contribution is -2.36. The Labute approximate surface area is 223 Å². The highest BCUT2D eigenvalue weighted by atomic mass is 16.6. The van der Waals surface area contributed by atoms with E-state index in [0.717, 1.165) is 42.6 Å². The number of likely N-dealkylation sites (tertiary alicyclic amines) is 1. The highest BCUT2D eigenvalue weighted by molar-refractivity contribution is 5.93. The van der Waals surface area contributed by atoms with Crippen LogP contribution in [0.15, 0.2) is 66.7 Å². The van der Waals surface area contributed by atoms with Crippen LogP contribution in [0.5, 0.6) is 5.75 Å². The number of carbonyl (C=O) groups excluding carboxylic acids is 2. The predicted octanol–water partition coefficient (Wildman–Crippen LogP) is 5.07. The molecule has 1 saturated heterocycles. The Kier molecular flexibility index (Phi) is 9.35. The maximum absolute atomic E-state index is 12.8. The second kappa shape index (κ2) is 13.1. The highest BCUT2D eigenvalue weighted by Crippen LogP contribution is 2.30. The number of rotatable bonds is 9. The van der Waals surface area contributed by atoms with Crippen LogP contribution >= 0.6 is 0 Å². The number of methoxy groups -OCH3 is 1. The van der Waals surface area contributed by atoms with Crippen molar-refractivity contribution in [2.75, 3.05) is 37.9 Å². The Morgan fingerprint density at radius 1 is 0.947 bits per heavy atom. The van der Waals surface area contributed by atoms with Gasteiger partial charge < -0.3 is 24.8 Å². The van der Waals surface area contributed by atoms with Crippen LogP contribution < -0.4 is 15.4 Å². The predicted molar refractivity (Wildman–Crippen MR) is 148 cm³/mol. The van der Waals surface area contributed by atoms with E-state index in [0.29, 0.717) is 29.1 Å². The van der Waals surface area contributed by atoms with E-state index in [1.54, 1.807) is 18.2 Å². The van der Waals surface area contributed by atoms with Crippen molar-refractivity contribution in [3.63, 3.8) is 0 Å². The Bertz CT molecular complexity index is 1240. The van der Waals surface area contributed by atoms with E-state index in [2.05, 4.69) is 22.6 Å². The molecule has 1 heterocycles. The molecule has 0 bridgehead atoms. The molecule has 200 valence electrons. The number of amides is 2. The molecule has 8 heteroatoms. The first kappa shape index (κ1) is 27.2. The standard InChI is InChI=1S/C30H35N3O5/c1-33-16-14-24(15-17-33)38-30(36)32-27-18-21(8-11-25(27)23-6-4-3-5-7-23)10-13-29(35)31-26-12-9-22(20-34)19-28(26)37-2/h3-9,11-12,18-19,24,34H,10,13-17,20H2,1-2H3,(H,31,35)(H,32,36). The molecule has 3 N–H and O–H groups in total. The van der Waals surface area contributed by atoms with Crippen LogP contribution in [0.1, 0.15) is 30.4 Å². The highest BCUT2D eigenvalue weighted by Gasteiger charge is 2.21. The van der Waals surface area contributed by atoms with Gasteiger partial charge in [-0.05, 0) is 61.2 Å². The molecule has 0 atom stereocenters. The molecular formula is C30H35N3O5. The number of anilines is 2. The fourth-order valence-electron chi connectivity index (χ4n) is 4.52. The third-order valence-electron chi connectivity index (χ3n) is 6.71. The third-order valence-corrected chi connectivity index (χ3v) is 6.71. The van der Waals surface area contributed by atoms with Crippen LogP contribution in [-0.2, 0) is 22.6 Å². The summed E-state index contributed by atoms with van der Waals surface area (Å²) in [5, 5.41) is 15.1. The molecule has 0 spiro atoms. The molecule has 4 rings (SSSR count). The quantitative estimate of drug-likeness (QED) is 0.367. The van der Waals surface area contributed by atoms with Gasteiger partial charge in [0.2, 0.25) is 5.91 Å². The molecule has 3 aromatic carbocycles. The van der Waals surface area contributed by atoms with E-state index in [1.165, 1.54) is 7.11 Å². The minimum absolute atomic E-state index is 0.0957. The molecule has 1 fully saturated rings. The second-order valence-electron chi connectivity index (χ2n) is 9.52. The van der Waals surface area contributed by atoms with Gasteiger partial charge in [0.25, 0.3) is 0 Å². The fourth-order valence-corrected chi connectivity index (χ4v) is 4.52. The minimum Gasteiger partial charge on any atom is -0.495 e. The molecule has 3 aromatic rings. The molecule has 0 unspecified atom stereocenters. The first-order chi connectivity index (χ1) is 18.4. The van der Waals surface area contributed by atoms with Gasteiger partial charge in [0, 0.05) is 25.1 Å². The minimum atomic E-state index is -0.468. The SMILES string of the molecule is COc1cc(CO)ccc1NC(=O)CCc1ccc(-c2ccccc2)c(NC(=O)OC2CCN(C)CC2)c1. The number of aliphatic hydroxyl groups is 1. The summed E-state index contributed by atoms with van der Waals surface area (Å²) in [6.45, 7) is 1.70. The molecule has 1 aliphatic heterocycles.